The molecule has 1 heterocycles. The van der Waals surface area contributed by atoms with Crippen LogP contribution in [0.1, 0.15) is 12.8 Å². The minimum Gasteiger partial charge on any atom is -0.381 e. The van der Waals surface area contributed by atoms with Gasteiger partial charge in [0.1, 0.15) is 0 Å². The molecule has 0 amide bonds. The fourth-order valence-electron chi connectivity index (χ4n) is 2.71. The van der Waals surface area contributed by atoms with Crippen LogP contribution < -0.4 is 5.73 Å². The molecule has 1 fully saturated rings. The van der Waals surface area contributed by atoms with Gasteiger partial charge in [0.2, 0.25) is 10.0 Å². The van der Waals surface area contributed by atoms with Gasteiger partial charge >= 0.3 is 0 Å². The van der Waals surface area contributed by atoms with Gasteiger partial charge in [0.25, 0.3) is 5.69 Å². The smallest absolute Gasteiger partial charge is 0.290 e. The van der Waals surface area contributed by atoms with Crippen molar-refractivity contribution in [1.29, 1.82) is 0 Å². The number of methoxy groups -OCH3 is 1. The van der Waals surface area contributed by atoms with Gasteiger partial charge in [0.15, 0.2) is 4.90 Å². The first-order chi connectivity index (χ1) is 10.8. The van der Waals surface area contributed by atoms with E-state index >= 15 is 0 Å². The van der Waals surface area contributed by atoms with Crippen molar-refractivity contribution < 1.29 is 18.1 Å². The van der Waals surface area contributed by atoms with E-state index in [1.165, 1.54) is 10.4 Å². The average molecular weight is 400 g/mol. The highest BCUT2D eigenvalue weighted by Crippen LogP contribution is 2.32. The molecule has 24 heavy (non-hydrogen) atoms. The second kappa shape index (κ2) is 8.41. The topological polar surface area (TPSA) is 116 Å². The van der Waals surface area contributed by atoms with Crippen LogP contribution in [-0.2, 0) is 14.8 Å². The fraction of sp³-hybridized carbons (Fsp3) is 0.538. The maximum Gasteiger partial charge on any atom is 0.290 e. The predicted molar refractivity (Wildman–Crippen MR) is 92.1 cm³/mol. The van der Waals surface area contributed by atoms with Crippen molar-refractivity contribution in [1.82, 2.24) is 4.31 Å². The molecule has 8 nitrogen and oxygen atoms in total. The third-order valence-corrected chi connectivity index (χ3v) is 6.16. The molecule has 0 saturated carbocycles. The Labute approximate surface area is 151 Å². The van der Waals surface area contributed by atoms with Crippen LogP contribution in [0.3, 0.4) is 0 Å². The van der Waals surface area contributed by atoms with Gasteiger partial charge in [-0.25, -0.2) is 8.42 Å². The maximum absolute atomic E-state index is 12.9. The third kappa shape index (κ3) is 4.16. The number of nitrogens with two attached hydrogens (primary N) is 1. The van der Waals surface area contributed by atoms with Gasteiger partial charge in [-0.15, -0.1) is 12.4 Å². The van der Waals surface area contributed by atoms with Gasteiger partial charge in [-0.05, 0) is 25.0 Å². The molecule has 0 spiro atoms. The lowest BCUT2D eigenvalue weighted by atomic mass is 10.0. The van der Waals surface area contributed by atoms with Crippen LogP contribution in [0.25, 0.3) is 0 Å². The number of ether oxygens (including phenoxy) is 1. The Kier molecular flexibility index (Phi) is 7.39. The molecule has 1 saturated heterocycles. The molecule has 1 aliphatic heterocycles. The maximum atomic E-state index is 12.9. The second-order valence-electron chi connectivity index (χ2n) is 5.26. The van der Waals surface area contributed by atoms with Gasteiger partial charge in [0.05, 0.1) is 11.0 Å². The summed E-state index contributed by atoms with van der Waals surface area (Å²) in [6, 6.07) is 3.05. The van der Waals surface area contributed by atoms with Crippen molar-refractivity contribution in [2.75, 3.05) is 20.2 Å². The van der Waals surface area contributed by atoms with Gasteiger partial charge in [-0.3, -0.25) is 10.1 Å². The summed E-state index contributed by atoms with van der Waals surface area (Å²) in [5, 5.41) is 11.3. The van der Waals surface area contributed by atoms with Crippen molar-refractivity contribution in [3.05, 3.63) is 33.3 Å². The molecule has 136 valence electrons. The van der Waals surface area contributed by atoms with Crippen LogP contribution in [0, 0.1) is 10.1 Å². The highest BCUT2D eigenvalue weighted by Gasteiger charge is 2.39. The van der Waals surface area contributed by atoms with Crippen LogP contribution in [0.2, 0.25) is 5.02 Å². The summed E-state index contributed by atoms with van der Waals surface area (Å²) in [6.07, 6.45) is 0.886. The Balaban J connectivity index is 0.00000288. The van der Waals surface area contributed by atoms with Crippen molar-refractivity contribution in [3.8, 4) is 0 Å². The minimum atomic E-state index is -4.05. The number of sulfonamides is 1. The lowest BCUT2D eigenvalue weighted by Gasteiger charge is -2.37. The Bertz CT molecular complexity index is 701. The normalized spacial score (nSPS) is 22.0. The van der Waals surface area contributed by atoms with Crippen LogP contribution in [0.4, 0.5) is 5.69 Å². The molecule has 2 N–H and O–H groups in total. The Morgan fingerprint density at radius 1 is 1.50 bits per heavy atom. The Hall–Kier alpha value is -0.970. The molecule has 1 aromatic carbocycles. The van der Waals surface area contributed by atoms with Crippen molar-refractivity contribution >= 4 is 39.7 Å². The lowest BCUT2D eigenvalue weighted by molar-refractivity contribution is -0.387. The number of nitrogens with zero attached hydrogens (tertiary/aromatic N) is 2. The van der Waals surface area contributed by atoms with E-state index in [4.69, 9.17) is 22.1 Å². The molecule has 0 radical (unpaired) electrons. The standard InChI is InChI=1S/C13H18ClN3O5S.ClH/c1-22-11-4-5-16(10(7-11)8-15)23(20,21)13-3-2-9(14)6-12(13)17(18)19;/h2-3,6,10-11H,4-5,7-8,15H2,1H3;1H. The quantitative estimate of drug-likeness (QED) is 0.595. The third-order valence-electron chi connectivity index (χ3n) is 3.92. The van der Waals surface area contributed by atoms with Crippen LogP contribution in [0.15, 0.2) is 23.1 Å². The molecule has 0 aromatic heterocycles. The number of piperidine rings is 1. The summed E-state index contributed by atoms with van der Waals surface area (Å²) >= 11 is 5.74. The molecule has 2 rings (SSSR count). The Morgan fingerprint density at radius 3 is 2.71 bits per heavy atom. The van der Waals surface area contributed by atoms with Crippen molar-refractivity contribution in [2.45, 2.75) is 29.9 Å². The van der Waals surface area contributed by atoms with Crippen molar-refractivity contribution in [3.63, 3.8) is 0 Å². The lowest BCUT2D eigenvalue weighted by Crippen LogP contribution is -2.51. The summed E-state index contributed by atoms with van der Waals surface area (Å²) in [4.78, 5) is 10.0. The number of hydrogen-bond donors (Lipinski definition) is 1. The van der Waals surface area contributed by atoms with Gasteiger partial charge in [-0.2, -0.15) is 4.31 Å². The number of hydrogen-bond acceptors (Lipinski definition) is 6. The van der Waals surface area contributed by atoms with Gasteiger partial charge in [0, 0.05) is 37.3 Å². The highest BCUT2D eigenvalue weighted by atomic mass is 35.5. The fourth-order valence-corrected chi connectivity index (χ4v) is 4.68. The molecule has 0 bridgehead atoms. The number of halogens is 2. The van der Waals surface area contributed by atoms with E-state index in [2.05, 4.69) is 0 Å². The molecule has 1 aliphatic rings. The molecule has 11 heteroatoms. The summed E-state index contributed by atoms with van der Waals surface area (Å²) in [5.74, 6) is 0. The van der Waals surface area contributed by atoms with Gasteiger partial charge in [-0.1, -0.05) is 11.6 Å². The molecule has 2 atom stereocenters. The zero-order valence-corrected chi connectivity index (χ0v) is 15.3. The van der Waals surface area contributed by atoms with Crippen molar-refractivity contribution in [2.24, 2.45) is 5.73 Å². The Morgan fingerprint density at radius 2 is 2.17 bits per heavy atom. The molecular formula is C13H19Cl2N3O5S. The first-order valence-corrected chi connectivity index (χ1v) is 8.81. The van der Waals surface area contributed by atoms with E-state index < -0.39 is 26.7 Å². The largest absolute Gasteiger partial charge is 0.381 e. The minimum absolute atomic E-state index is 0. The van der Waals surface area contributed by atoms with Crippen LogP contribution in [-0.4, -0.2) is 50.0 Å². The molecule has 1 aromatic rings. The second-order valence-corrected chi connectivity index (χ2v) is 7.55. The molecule has 2 unspecified atom stereocenters. The summed E-state index contributed by atoms with van der Waals surface area (Å²) < 4.78 is 32.2. The average Bonchev–Trinajstić information content (AvgIpc) is 2.53. The number of nitro benzene ring substituents is 1. The predicted octanol–water partition coefficient (Wildman–Crippen LogP) is 1.80. The summed E-state index contributed by atoms with van der Waals surface area (Å²) in [7, 11) is -2.49. The van der Waals surface area contributed by atoms with E-state index in [9.17, 15) is 18.5 Å². The van der Waals surface area contributed by atoms with Gasteiger partial charge < -0.3 is 10.5 Å². The summed E-state index contributed by atoms with van der Waals surface area (Å²) in [5.41, 5.74) is 5.15. The van der Waals surface area contributed by atoms with Crippen LogP contribution >= 0.6 is 24.0 Å². The highest BCUT2D eigenvalue weighted by molar-refractivity contribution is 7.89. The summed E-state index contributed by atoms with van der Waals surface area (Å²) in [6.45, 7) is 0.308. The first kappa shape index (κ1) is 21.1. The first-order valence-electron chi connectivity index (χ1n) is 7.00. The van der Waals surface area contributed by atoms with E-state index in [1.54, 1.807) is 7.11 Å². The zero-order valence-electron chi connectivity index (χ0n) is 12.9. The monoisotopic (exact) mass is 399 g/mol. The zero-order chi connectivity index (χ0) is 17.2. The van der Waals surface area contributed by atoms with E-state index in [0.29, 0.717) is 12.8 Å². The molecule has 0 aliphatic carbocycles. The number of benzene rings is 1. The van der Waals surface area contributed by atoms with E-state index in [-0.39, 0.29) is 41.5 Å². The van der Waals surface area contributed by atoms with Crippen LogP contribution in [0.5, 0.6) is 0 Å². The number of rotatable bonds is 5. The SMILES string of the molecule is COC1CCN(S(=O)(=O)c2ccc(Cl)cc2[N+](=O)[O-])C(CN)C1.Cl. The molecular weight excluding hydrogens is 381 g/mol. The van der Waals surface area contributed by atoms with E-state index in [0.717, 1.165) is 12.1 Å². The number of nitro groups is 1. The van der Waals surface area contributed by atoms with E-state index in [1.807, 2.05) is 0 Å².